The molecule has 0 saturated heterocycles. The number of allylic oxidation sites excluding steroid dienone is 1. The maximum Gasteiger partial charge on any atom is 0.289 e. The molecule has 0 aliphatic carbocycles. The molecule has 21 heavy (non-hydrogen) atoms. The molecule has 0 aliphatic rings. The van der Waals surface area contributed by atoms with E-state index in [1.807, 2.05) is 6.92 Å². The fourth-order valence-electron chi connectivity index (χ4n) is 2.16. The Balaban J connectivity index is 3.35. The van der Waals surface area contributed by atoms with Gasteiger partial charge in [-0.15, -0.1) is 0 Å². The Morgan fingerprint density at radius 1 is 0.762 bits per heavy atom. The molecular weight excluding hydrogens is 284 g/mol. The van der Waals surface area contributed by atoms with Crippen LogP contribution in [0.3, 0.4) is 0 Å². The minimum atomic E-state index is -3.44. The largest absolute Gasteiger partial charge is 0.289 e. The second-order valence-electron chi connectivity index (χ2n) is 5.66. The van der Waals surface area contributed by atoms with Crippen LogP contribution in [0.25, 0.3) is 0 Å². The van der Waals surface area contributed by atoms with Gasteiger partial charge < -0.3 is 0 Å². The quantitative estimate of drug-likeness (QED) is 0.293. The van der Waals surface area contributed by atoms with E-state index in [-0.39, 0.29) is 0 Å². The molecule has 0 aromatic rings. The summed E-state index contributed by atoms with van der Waals surface area (Å²) < 4.78 is 27.8. The van der Waals surface area contributed by atoms with E-state index in [0.29, 0.717) is 6.61 Å². The minimum Gasteiger partial charge on any atom is -0.267 e. The molecule has 4 heteroatoms. The van der Waals surface area contributed by atoms with Crippen molar-refractivity contribution in [1.29, 1.82) is 0 Å². The molecule has 0 rings (SSSR count). The third kappa shape index (κ3) is 15.9. The zero-order chi connectivity index (χ0) is 15.8. The molecule has 0 spiro atoms. The van der Waals surface area contributed by atoms with Crippen LogP contribution >= 0.6 is 0 Å². The molecule has 3 nitrogen and oxygen atoms in total. The first-order valence-corrected chi connectivity index (χ1v) is 10.2. The van der Waals surface area contributed by atoms with Crippen LogP contribution in [-0.4, -0.2) is 15.0 Å². The predicted molar refractivity (Wildman–Crippen MR) is 90.8 cm³/mol. The Kier molecular flexibility index (Phi) is 14.3. The molecular formula is C17H34O3S. The first-order chi connectivity index (χ1) is 10.1. The van der Waals surface area contributed by atoms with Crippen LogP contribution in [0.15, 0.2) is 11.5 Å². The molecule has 0 unspecified atom stereocenters. The van der Waals surface area contributed by atoms with Gasteiger partial charge in [0, 0.05) is 0 Å². The molecule has 0 saturated carbocycles. The first kappa shape index (κ1) is 20.6. The van der Waals surface area contributed by atoms with Crippen molar-refractivity contribution in [3.63, 3.8) is 0 Å². The molecule has 126 valence electrons. The van der Waals surface area contributed by atoms with Gasteiger partial charge in [-0.3, -0.25) is 4.18 Å². The average Bonchev–Trinajstić information content (AvgIpc) is 2.45. The smallest absolute Gasteiger partial charge is 0.267 e. The van der Waals surface area contributed by atoms with Crippen molar-refractivity contribution in [2.75, 3.05) is 6.61 Å². The SMILES string of the molecule is CCCC=CS(=O)(=O)OCCCCCCCCCCCC. The van der Waals surface area contributed by atoms with Gasteiger partial charge in [0.05, 0.1) is 12.0 Å². The summed E-state index contributed by atoms with van der Waals surface area (Å²) in [4.78, 5) is 0. The van der Waals surface area contributed by atoms with Gasteiger partial charge >= 0.3 is 0 Å². The number of unbranched alkanes of at least 4 members (excludes halogenated alkanes) is 10. The molecule has 0 aromatic carbocycles. The summed E-state index contributed by atoms with van der Waals surface area (Å²) in [6.07, 6.45) is 15.8. The Hall–Kier alpha value is -0.350. The minimum absolute atomic E-state index is 0.315. The Labute approximate surface area is 132 Å². The predicted octanol–water partition coefficient (Wildman–Crippen LogP) is 5.57. The van der Waals surface area contributed by atoms with E-state index in [2.05, 4.69) is 6.92 Å². The van der Waals surface area contributed by atoms with Crippen LogP contribution in [0.5, 0.6) is 0 Å². The van der Waals surface area contributed by atoms with Crippen molar-refractivity contribution < 1.29 is 12.6 Å². The van der Waals surface area contributed by atoms with E-state index in [0.717, 1.165) is 25.7 Å². The highest BCUT2D eigenvalue weighted by Gasteiger charge is 2.04. The highest BCUT2D eigenvalue weighted by Crippen LogP contribution is 2.11. The fourth-order valence-corrected chi connectivity index (χ4v) is 2.96. The van der Waals surface area contributed by atoms with E-state index >= 15 is 0 Å². The highest BCUT2D eigenvalue weighted by atomic mass is 32.2. The van der Waals surface area contributed by atoms with Crippen LogP contribution in [0.2, 0.25) is 0 Å². The van der Waals surface area contributed by atoms with Crippen molar-refractivity contribution >= 4 is 10.1 Å². The molecule has 0 aliphatic heterocycles. The summed E-state index contributed by atoms with van der Waals surface area (Å²) in [5, 5.41) is 1.19. The molecule has 0 radical (unpaired) electrons. The van der Waals surface area contributed by atoms with E-state index in [1.54, 1.807) is 6.08 Å². The molecule has 0 amide bonds. The number of hydrogen-bond acceptors (Lipinski definition) is 3. The van der Waals surface area contributed by atoms with Crippen molar-refractivity contribution in [3.05, 3.63) is 11.5 Å². The Bertz CT molecular complexity index is 334. The van der Waals surface area contributed by atoms with Crippen molar-refractivity contribution in [3.8, 4) is 0 Å². The second-order valence-corrected chi connectivity index (χ2v) is 7.15. The summed E-state index contributed by atoms with van der Waals surface area (Å²) in [6, 6.07) is 0. The molecule has 0 atom stereocenters. The van der Waals surface area contributed by atoms with Crippen LogP contribution in [0.4, 0.5) is 0 Å². The van der Waals surface area contributed by atoms with Crippen LogP contribution in [0.1, 0.15) is 90.9 Å². The third-order valence-corrected chi connectivity index (χ3v) is 4.48. The van der Waals surface area contributed by atoms with E-state index in [1.165, 1.54) is 56.8 Å². The van der Waals surface area contributed by atoms with Crippen LogP contribution in [0, 0.1) is 0 Å². The van der Waals surface area contributed by atoms with Crippen molar-refractivity contribution in [2.45, 2.75) is 90.9 Å². The number of hydrogen-bond donors (Lipinski definition) is 0. The second kappa shape index (κ2) is 14.6. The first-order valence-electron chi connectivity index (χ1n) is 8.68. The molecule has 0 heterocycles. The van der Waals surface area contributed by atoms with E-state index < -0.39 is 10.1 Å². The lowest BCUT2D eigenvalue weighted by Crippen LogP contribution is -2.03. The maximum atomic E-state index is 11.5. The van der Waals surface area contributed by atoms with Crippen LogP contribution < -0.4 is 0 Å². The molecule has 0 N–H and O–H groups in total. The molecule has 0 fully saturated rings. The normalized spacial score (nSPS) is 12.3. The fraction of sp³-hybridized carbons (Fsp3) is 0.882. The summed E-state index contributed by atoms with van der Waals surface area (Å²) in [6.45, 7) is 4.57. The highest BCUT2D eigenvalue weighted by molar-refractivity contribution is 7.89. The third-order valence-electron chi connectivity index (χ3n) is 3.46. The van der Waals surface area contributed by atoms with Gasteiger partial charge in [0.15, 0.2) is 0 Å². The molecule has 0 bridgehead atoms. The zero-order valence-corrected chi connectivity index (χ0v) is 14.8. The lowest BCUT2D eigenvalue weighted by Gasteiger charge is -2.03. The standard InChI is InChI=1S/C17H34O3S/c1-3-5-7-8-9-10-11-12-13-14-16-20-21(18,19)17-15-6-4-2/h15,17H,3-14,16H2,1-2H3. The summed E-state index contributed by atoms with van der Waals surface area (Å²) in [5.41, 5.74) is 0. The van der Waals surface area contributed by atoms with Crippen molar-refractivity contribution in [2.24, 2.45) is 0 Å². The van der Waals surface area contributed by atoms with Gasteiger partial charge in [-0.05, 0) is 12.8 Å². The zero-order valence-electron chi connectivity index (χ0n) is 14.0. The molecule has 0 aromatic heterocycles. The summed E-state index contributed by atoms with van der Waals surface area (Å²) in [7, 11) is -3.44. The van der Waals surface area contributed by atoms with E-state index in [4.69, 9.17) is 4.18 Å². The summed E-state index contributed by atoms with van der Waals surface area (Å²) >= 11 is 0. The van der Waals surface area contributed by atoms with Gasteiger partial charge in [0.1, 0.15) is 0 Å². The monoisotopic (exact) mass is 318 g/mol. The van der Waals surface area contributed by atoms with Crippen molar-refractivity contribution in [1.82, 2.24) is 0 Å². The van der Waals surface area contributed by atoms with Gasteiger partial charge in [-0.1, -0.05) is 84.1 Å². The Morgan fingerprint density at radius 2 is 1.29 bits per heavy atom. The topological polar surface area (TPSA) is 43.4 Å². The average molecular weight is 319 g/mol. The summed E-state index contributed by atoms with van der Waals surface area (Å²) in [5.74, 6) is 0. The Morgan fingerprint density at radius 3 is 1.81 bits per heavy atom. The van der Waals surface area contributed by atoms with Gasteiger partial charge in [-0.25, -0.2) is 0 Å². The van der Waals surface area contributed by atoms with Gasteiger partial charge in [0.25, 0.3) is 10.1 Å². The van der Waals surface area contributed by atoms with E-state index in [9.17, 15) is 8.42 Å². The van der Waals surface area contributed by atoms with Crippen LogP contribution in [-0.2, 0) is 14.3 Å². The lowest BCUT2D eigenvalue weighted by molar-refractivity contribution is 0.311. The van der Waals surface area contributed by atoms with Gasteiger partial charge in [0.2, 0.25) is 0 Å². The van der Waals surface area contributed by atoms with Gasteiger partial charge in [-0.2, -0.15) is 8.42 Å². The lowest BCUT2D eigenvalue weighted by atomic mass is 10.1. The maximum absolute atomic E-state index is 11.5. The number of rotatable bonds is 15.